The third-order valence-corrected chi connectivity index (χ3v) is 3.14. The Labute approximate surface area is 106 Å². The first-order valence-electron chi connectivity index (χ1n) is 5.44. The average Bonchev–Trinajstić information content (AvgIpc) is 2.29. The molecular weight excluding hydrogens is 234 g/mol. The van der Waals surface area contributed by atoms with Crippen LogP contribution in [0.3, 0.4) is 0 Å². The van der Waals surface area contributed by atoms with Crippen LogP contribution >= 0.6 is 11.6 Å². The minimum absolute atomic E-state index is 0.652. The zero-order chi connectivity index (χ0) is 12.4. The number of benzene rings is 1. The highest BCUT2D eigenvalue weighted by molar-refractivity contribution is 6.30. The van der Waals surface area contributed by atoms with Gasteiger partial charge in [0.1, 0.15) is 6.10 Å². The van der Waals surface area contributed by atoms with Gasteiger partial charge in [0.05, 0.1) is 0 Å². The van der Waals surface area contributed by atoms with E-state index >= 15 is 0 Å². The molecule has 0 aliphatic rings. The fourth-order valence-electron chi connectivity index (χ4n) is 1.88. The monoisotopic (exact) mass is 247 g/mol. The molecule has 2 rings (SSSR count). The summed E-state index contributed by atoms with van der Waals surface area (Å²) in [6.45, 7) is 3.90. The van der Waals surface area contributed by atoms with Gasteiger partial charge in [-0.2, -0.15) is 0 Å². The summed E-state index contributed by atoms with van der Waals surface area (Å²) in [5, 5.41) is 11.0. The van der Waals surface area contributed by atoms with Crippen molar-refractivity contribution in [2.45, 2.75) is 20.0 Å². The maximum atomic E-state index is 10.4. The van der Waals surface area contributed by atoms with Crippen molar-refractivity contribution in [1.29, 1.82) is 0 Å². The molecule has 1 aromatic heterocycles. The van der Waals surface area contributed by atoms with Crippen LogP contribution in [0.5, 0.6) is 0 Å². The number of aliphatic hydroxyl groups is 1. The van der Waals surface area contributed by atoms with Gasteiger partial charge in [-0.25, -0.2) is 0 Å². The number of hydrogen-bond acceptors (Lipinski definition) is 2. The molecule has 1 aromatic carbocycles. The molecule has 0 saturated heterocycles. The number of rotatable bonds is 2. The van der Waals surface area contributed by atoms with Crippen LogP contribution in [0.25, 0.3) is 0 Å². The zero-order valence-corrected chi connectivity index (χ0v) is 10.6. The molecule has 0 spiro atoms. The Morgan fingerprint density at radius 3 is 2.53 bits per heavy atom. The Bertz CT molecular complexity index is 539. The van der Waals surface area contributed by atoms with Crippen molar-refractivity contribution in [2.75, 3.05) is 0 Å². The van der Waals surface area contributed by atoms with Crippen LogP contribution in [0, 0.1) is 13.8 Å². The predicted octanol–water partition coefficient (Wildman–Crippen LogP) is 3.43. The van der Waals surface area contributed by atoms with Gasteiger partial charge >= 0.3 is 0 Å². The number of nitrogens with zero attached hydrogens (tertiary/aromatic N) is 1. The Kier molecular flexibility index (Phi) is 3.46. The highest BCUT2D eigenvalue weighted by atomic mass is 35.5. The van der Waals surface area contributed by atoms with E-state index in [9.17, 15) is 5.11 Å². The van der Waals surface area contributed by atoms with Crippen LogP contribution in [0.1, 0.15) is 28.4 Å². The third kappa shape index (κ3) is 2.48. The second kappa shape index (κ2) is 4.86. The molecule has 3 heteroatoms. The number of halogens is 1. The zero-order valence-electron chi connectivity index (χ0n) is 9.81. The van der Waals surface area contributed by atoms with E-state index in [1.54, 1.807) is 18.5 Å². The predicted molar refractivity (Wildman–Crippen MR) is 69.2 cm³/mol. The summed E-state index contributed by atoms with van der Waals surface area (Å²) in [6, 6.07) is 7.39. The van der Waals surface area contributed by atoms with Crippen LogP contribution < -0.4 is 0 Å². The molecule has 2 nitrogen and oxygen atoms in total. The average molecular weight is 248 g/mol. The molecule has 0 radical (unpaired) electrons. The Hall–Kier alpha value is -1.38. The van der Waals surface area contributed by atoms with Crippen LogP contribution in [-0.4, -0.2) is 10.1 Å². The maximum absolute atomic E-state index is 10.4. The van der Waals surface area contributed by atoms with E-state index in [0.717, 1.165) is 22.3 Å². The van der Waals surface area contributed by atoms with Gasteiger partial charge in [-0.05, 0) is 48.7 Å². The molecule has 1 heterocycles. The highest BCUT2D eigenvalue weighted by Gasteiger charge is 2.15. The van der Waals surface area contributed by atoms with Crippen molar-refractivity contribution in [1.82, 2.24) is 4.98 Å². The Morgan fingerprint density at radius 2 is 1.88 bits per heavy atom. The van der Waals surface area contributed by atoms with Crippen molar-refractivity contribution in [3.8, 4) is 0 Å². The van der Waals surface area contributed by atoms with Gasteiger partial charge in [0.15, 0.2) is 0 Å². The van der Waals surface area contributed by atoms with Crippen molar-refractivity contribution in [2.24, 2.45) is 0 Å². The minimum Gasteiger partial charge on any atom is -0.384 e. The van der Waals surface area contributed by atoms with Gasteiger partial charge in [0, 0.05) is 23.0 Å². The van der Waals surface area contributed by atoms with Gasteiger partial charge in [-0.15, -0.1) is 0 Å². The lowest BCUT2D eigenvalue weighted by atomic mass is 9.96. The first-order chi connectivity index (χ1) is 8.09. The number of aliphatic hydroxyl groups excluding tert-OH is 1. The smallest absolute Gasteiger partial charge is 0.106 e. The minimum atomic E-state index is -0.652. The standard InChI is InChI=1S/C14H14ClNO/c1-9-5-6-16-8-13(9)14(17)12-4-3-11(15)7-10(12)2/h3-8,14,17H,1-2H3. The van der Waals surface area contributed by atoms with Gasteiger partial charge < -0.3 is 5.11 Å². The number of aromatic nitrogens is 1. The lowest BCUT2D eigenvalue weighted by molar-refractivity contribution is 0.218. The second-order valence-corrected chi connectivity index (χ2v) is 4.57. The molecule has 0 fully saturated rings. The second-order valence-electron chi connectivity index (χ2n) is 4.14. The van der Waals surface area contributed by atoms with Crippen LogP contribution in [0.15, 0.2) is 36.7 Å². The van der Waals surface area contributed by atoms with E-state index in [-0.39, 0.29) is 0 Å². The lowest BCUT2D eigenvalue weighted by Gasteiger charge is -2.16. The van der Waals surface area contributed by atoms with Crippen molar-refractivity contribution in [3.63, 3.8) is 0 Å². The van der Waals surface area contributed by atoms with E-state index in [0.29, 0.717) is 5.02 Å². The number of pyridine rings is 1. The van der Waals surface area contributed by atoms with E-state index in [1.807, 2.05) is 32.0 Å². The first kappa shape index (κ1) is 12.1. The summed E-state index contributed by atoms with van der Waals surface area (Å²) >= 11 is 5.90. The Balaban J connectivity index is 2.44. The van der Waals surface area contributed by atoms with E-state index in [2.05, 4.69) is 4.98 Å². The molecule has 1 unspecified atom stereocenters. The summed E-state index contributed by atoms with van der Waals surface area (Å²) in [6.07, 6.45) is 2.77. The summed E-state index contributed by atoms with van der Waals surface area (Å²) in [5.41, 5.74) is 3.71. The lowest BCUT2D eigenvalue weighted by Crippen LogP contribution is -2.04. The summed E-state index contributed by atoms with van der Waals surface area (Å²) in [5.74, 6) is 0. The third-order valence-electron chi connectivity index (χ3n) is 2.90. The summed E-state index contributed by atoms with van der Waals surface area (Å²) < 4.78 is 0. The summed E-state index contributed by atoms with van der Waals surface area (Å²) in [4.78, 5) is 4.05. The normalized spacial score (nSPS) is 12.5. The first-order valence-corrected chi connectivity index (χ1v) is 5.82. The van der Waals surface area contributed by atoms with Crippen molar-refractivity contribution >= 4 is 11.6 Å². The highest BCUT2D eigenvalue weighted by Crippen LogP contribution is 2.27. The quantitative estimate of drug-likeness (QED) is 0.882. The van der Waals surface area contributed by atoms with Crippen LogP contribution in [0.2, 0.25) is 5.02 Å². The molecule has 17 heavy (non-hydrogen) atoms. The number of hydrogen-bond donors (Lipinski definition) is 1. The largest absolute Gasteiger partial charge is 0.384 e. The van der Waals surface area contributed by atoms with Crippen molar-refractivity contribution in [3.05, 3.63) is 63.9 Å². The molecule has 1 N–H and O–H groups in total. The van der Waals surface area contributed by atoms with E-state index < -0.39 is 6.10 Å². The molecule has 1 atom stereocenters. The van der Waals surface area contributed by atoms with Gasteiger partial charge in [0.25, 0.3) is 0 Å². The fraction of sp³-hybridized carbons (Fsp3) is 0.214. The molecule has 0 saturated carbocycles. The van der Waals surface area contributed by atoms with Crippen molar-refractivity contribution < 1.29 is 5.11 Å². The molecular formula is C14H14ClNO. The molecule has 0 aliphatic carbocycles. The molecule has 0 amide bonds. The van der Waals surface area contributed by atoms with Gasteiger partial charge in [-0.3, -0.25) is 4.98 Å². The SMILES string of the molecule is Cc1cc(Cl)ccc1C(O)c1cnccc1C. The van der Waals surface area contributed by atoms with Crippen LogP contribution in [-0.2, 0) is 0 Å². The number of aryl methyl sites for hydroxylation is 2. The molecule has 2 aromatic rings. The van der Waals surface area contributed by atoms with Gasteiger partial charge in [0.2, 0.25) is 0 Å². The molecule has 88 valence electrons. The summed E-state index contributed by atoms with van der Waals surface area (Å²) in [7, 11) is 0. The maximum Gasteiger partial charge on any atom is 0.106 e. The molecule has 0 aliphatic heterocycles. The Morgan fingerprint density at radius 1 is 1.12 bits per heavy atom. The van der Waals surface area contributed by atoms with E-state index in [1.165, 1.54) is 0 Å². The van der Waals surface area contributed by atoms with Crippen LogP contribution in [0.4, 0.5) is 0 Å². The van der Waals surface area contributed by atoms with Gasteiger partial charge in [-0.1, -0.05) is 17.7 Å². The fourth-order valence-corrected chi connectivity index (χ4v) is 2.10. The topological polar surface area (TPSA) is 33.1 Å². The molecule has 0 bridgehead atoms. The van der Waals surface area contributed by atoms with E-state index in [4.69, 9.17) is 11.6 Å².